The van der Waals surface area contributed by atoms with Gasteiger partial charge in [-0.3, -0.25) is 4.90 Å². The summed E-state index contributed by atoms with van der Waals surface area (Å²) in [4.78, 5) is 2.25. The molecule has 0 aromatic carbocycles. The summed E-state index contributed by atoms with van der Waals surface area (Å²) in [5.41, 5.74) is 8.34. The van der Waals surface area contributed by atoms with Gasteiger partial charge in [0.05, 0.1) is 6.54 Å². The number of hydrogen-bond acceptors (Lipinski definition) is 3. The molecule has 0 bridgehead atoms. The highest BCUT2D eigenvalue weighted by molar-refractivity contribution is 5.37. The van der Waals surface area contributed by atoms with Crippen molar-refractivity contribution in [3.8, 4) is 0 Å². The third-order valence-corrected chi connectivity index (χ3v) is 2.80. The Morgan fingerprint density at radius 3 is 2.71 bits per heavy atom. The van der Waals surface area contributed by atoms with Crippen LogP contribution in [0.1, 0.15) is 42.4 Å². The fourth-order valence-electron chi connectivity index (χ4n) is 2.15. The maximum Gasteiger partial charge on any atom is 0.123 e. The van der Waals surface area contributed by atoms with Gasteiger partial charge in [0.15, 0.2) is 0 Å². The molecule has 14 heavy (non-hydrogen) atoms. The summed E-state index contributed by atoms with van der Waals surface area (Å²) < 4.78 is 5.86. The highest BCUT2D eigenvalue weighted by atomic mass is 16.3. The number of fused-ring (bicyclic) bond motifs is 1. The van der Waals surface area contributed by atoms with Crippen LogP contribution in [-0.4, -0.2) is 11.9 Å². The van der Waals surface area contributed by atoms with Gasteiger partial charge >= 0.3 is 0 Å². The molecule has 0 unspecified atom stereocenters. The fourth-order valence-corrected chi connectivity index (χ4v) is 2.15. The van der Waals surface area contributed by atoms with Crippen LogP contribution in [0.15, 0.2) is 4.42 Å². The largest absolute Gasteiger partial charge is 0.464 e. The number of nitrogens with two attached hydrogens (primary N) is 1. The molecule has 0 spiro atoms. The van der Waals surface area contributed by atoms with E-state index in [4.69, 9.17) is 10.2 Å². The number of hydrogen-bond donors (Lipinski definition) is 1. The monoisotopic (exact) mass is 194 g/mol. The Morgan fingerprint density at radius 2 is 2.14 bits per heavy atom. The first-order chi connectivity index (χ1) is 6.63. The second-order valence-corrected chi connectivity index (χ2v) is 4.38. The van der Waals surface area contributed by atoms with Gasteiger partial charge in [-0.05, 0) is 7.05 Å². The van der Waals surface area contributed by atoms with E-state index in [1.807, 2.05) is 0 Å². The summed E-state index contributed by atoms with van der Waals surface area (Å²) in [6, 6.07) is 0. The average molecular weight is 194 g/mol. The summed E-state index contributed by atoms with van der Waals surface area (Å²) in [5, 5.41) is 0. The topological polar surface area (TPSA) is 42.4 Å². The lowest BCUT2D eigenvalue weighted by Crippen LogP contribution is -2.10. The van der Waals surface area contributed by atoms with Crippen LogP contribution in [0, 0.1) is 0 Å². The molecular formula is C11H18N2O. The molecule has 0 radical (unpaired) electrons. The lowest BCUT2D eigenvalue weighted by molar-refractivity contribution is 0.318. The molecule has 3 nitrogen and oxygen atoms in total. The van der Waals surface area contributed by atoms with Crippen molar-refractivity contribution in [3.63, 3.8) is 0 Å². The molecular weight excluding hydrogens is 176 g/mol. The molecule has 1 aliphatic heterocycles. The lowest BCUT2D eigenvalue weighted by Gasteiger charge is -2.09. The molecule has 1 aromatic rings. The van der Waals surface area contributed by atoms with E-state index in [0.717, 1.165) is 24.6 Å². The van der Waals surface area contributed by atoms with Crippen molar-refractivity contribution in [3.05, 3.63) is 22.6 Å². The van der Waals surface area contributed by atoms with Crippen LogP contribution in [0.2, 0.25) is 0 Å². The van der Waals surface area contributed by atoms with Crippen LogP contribution in [0.5, 0.6) is 0 Å². The van der Waals surface area contributed by atoms with Gasteiger partial charge in [-0.25, -0.2) is 0 Å². The van der Waals surface area contributed by atoms with Crippen LogP contribution >= 0.6 is 0 Å². The summed E-state index contributed by atoms with van der Waals surface area (Å²) in [6.45, 7) is 6.81. The summed E-state index contributed by atoms with van der Waals surface area (Å²) >= 11 is 0. The Hall–Kier alpha value is -0.800. The van der Waals surface area contributed by atoms with E-state index in [1.165, 1.54) is 11.1 Å². The minimum absolute atomic E-state index is 0.435. The maximum absolute atomic E-state index is 5.86. The molecule has 0 saturated heterocycles. The van der Waals surface area contributed by atoms with E-state index in [-0.39, 0.29) is 0 Å². The minimum Gasteiger partial charge on any atom is -0.464 e. The summed E-state index contributed by atoms with van der Waals surface area (Å²) in [7, 11) is 2.10. The van der Waals surface area contributed by atoms with Gasteiger partial charge in [-0.15, -0.1) is 0 Å². The van der Waals surface area contributed by atoms with E-state index in [9.17, 15) is 0 Å². The molecule has 2 rings (SSSR count). The summed E-state index contributed by atoms with van der Waals surface area (Å²) in [5.74, 6) is 2.65. The third kappa shape index (κ3) is 1.37. The normalized spacial score (nSPS) is 16.6. The van der Waals surface area contributed by atoms with Crippen LogP contribution in [0.25, 0.3) is 0 Å². The van der Waals surface area contributed by atoms with Crippen molar-refractivity contribution in [2.24, 2.45) is 5.73 Å². The van der Waals surface area contributed by atoms with Crippen molar-refractivity contribution in [2.45, 2.75) is 39.4 Å². The van der Waals surface area contributed by atoms with Crippen molar-refractivity contribution >= 4 is 0 Å². The number of nitrogens with zero attached hydrogens (tertiary/aromatic N) is 1. The van der Waals surface area contributed by atoms with Crippen LogP contribution < -0.4 is 5.73 Å². The SMILES string of the molecule is CC(C)c1oc2c(c1CN)CN(C)C2. The Labute approximate surface area is 84.9 Å². The second-order valence-electron chi connectivity index (χ2n) is 4.38. The second kappa shape index (κ2) is 3.41. The number of furan rings is 1. The zero-order valence-electron chi connectivity index (χ0n) is 9.13. The average Bonchev–Trinajstić information content (AvgIpc) is 2.59. The summed E-state index contributed by atoms with van der Waals surface area (Å²) in [6.07, 6.45) is 0. The molecule has 3 heteroatoms. The zero-order chi connectivity index (χ0) is 10.3. The van der Waals surface area contributed by atoms with E-state index in [2.05, 4.69) is 25.8 Å². The molecule has 78 valence electrons. The molecule has 1 aliphatic rings. The van der Waals surface area contributed by atoms with Gasteiger partial charge in [0, 0.05) is 30.1 Å². The van der Waals surface area contributed by atoms with E-state index < -0.39 is 0 Å². The standard InChI is InChI=1S/C11H18N2O/c1-7(2)11-8(4-12)9-5-13(3)6-10(9)14-11/h7H,4-6,12H2,1-3H3. The molecule has 2 heterocycles. The van der Waals surface area contributed by atoms with Gasteiger partial charge in [0.2, 0.25) is 0 Å². The van der Waals surface area contributed by atoms with Gasteiger partial charge < -0.3 is 10.2 Å². The molecule has 1 aromatic heterocycles. The predicted octanol–water partition coefficient (Wildman–Crippen LogP) is 1.81. The maximum atomic E-state index is 5.86. The lowest BCUT2D eigenvalue weighted by atomic mass is 10.0. The highest BCUT2D eigenvalue weighted by Crippen LogP contribution is 2.33. The van der Waals surface area contributed by atoms with Crippen molar-refractivity contribution in [1.82, 2.24) is 4.90 Å². The van der Waals surface area contributed by atoms with Crippen LogP contribution in [-0.2, 0) is 19.6 Å². The van der Waals surface area contributed by atoms with Gasteiger partial charge in [-0.2, -0.15) is 0 Å². The minimum atomic E-state index is 0.435. The Balaban J connectivity index is 2.43. The molecule has 0 aliphatic carbocycles. The van der Waals surface area contributed by atoms with Crippen molar-refractivity contribution < 1.29 is 4.42 Å². The molecule has 0 amide bonds. The Bertz CT molecular complexity index is 341. The van der Waals surface area contributed by atoms with Crippen LogP contribution in [0.4, 0.5) is 0 Å². The fraction of sp³-hybridized carbons (Fsp3) is 0.636. The van der Waals surface area contributed by atoms with Crippen molar-refractivity contribution in [2.75, 3.05) is 7.05 Å². The predicted molar refractivity (Wildman–Crippen MR) is 55.9 cm³/mol. The van der Waals surface area contributed by atoms with E-state index in [1.54, 1.807) is 0 Å². The molecule has 0 fully saturated rings. The van der Waals surface area contributed by atoms with Gasteiger partial charge in [0.25, 0.3) is 0 Å². The Kier molecular flexibility index (Phi) is 2.37. The van der Waals surface area contributed by atoms with Crippen molar-refractivity contribution in [1.29, 1.82) is 0 Å². The first kappa shape index (κ1) is 9.74. The van der Waals surface area contributed by atoms with Crippen LogP contribution in [0.3, 0.4) is 0 Å². The molecule has 2 N–H and O–H groups in total. The van der Waals surface area contributed by atoms with Gasteiger partial charge in [-0.1, -0.05) is 13.8 Å². The van der Waals surface area contributed by atoms with E-state index >= 15 is 0 Å². The first-order valence-electron chi connectivity index (χ1n) is 5.15. The zero-order valence-corrected chi connectivity index (χ0v) is 9.13. The van der Waals surface area contributed by atoms with Gasteiger partial charge in [0.1, 0.15) is 11.5 Å². The first-order valence-corrected chi connectivity index (χ1v) is 5.15. The molecule has 0 saturated carbocycles. The Morgan fingerprint density at radius 1 is 1.43 bits per heavy atom. The number of rotatable bonds is 2. The third-order valence-electron chi connectivity index (χ3n) is 2.80. The quantitative estimate of drug-likeness (QED) is 0.780. The highest BCUT2D eigenvalue weighted by Gasteiger charge is 2.26. The smallest absolute Gasteiger partial charge is 0.123 e. The van der Waals surface area contributed by atoms with E-state index in [0.29, 0.717) is 12.5 Å². The molecule has 0 atom stereocenters.